The lowest BCUT2D eigenvalue weighted by Crippen LogP contribution is -2.51. The van der Waals surface area contributed by atoms with Crippen LogP contribution in [0.1, 0.15) is 24.3 Å². The molecule has 0 saturated heterocycles. The molecule has 10 nitrogen and oxygen atoms in total. The molecular formula is C26H31N3O7S2. The molecule has 0 saturated carbocycles. The first-order valence-electron chi connectivity index (χ1n) is 12.1. The number of thiazole rings is 1. The Kier molecular flexibility index (Phi) is 9.21. The third kappa shape index (κ3) is 7.22. The summed E-state index contributed by atoms with van der Waals surface area (Å²) in [5, 5.41) is 14.0. The number of aliphatic hydroxyl groups is 1. The number of sulfonamides is 1. The van der Waals surface area contributed by atoms with Crippen LogP contribution in [-0.2, 0) is 27.8 Å². The number of rotatable bonds is 12. The van der Waals surface area contributed by atoms with Gasteiger partial charge in [0, 0.05) is 25.4 Å². The number of aliphatic hydroxyl groups excluding tert-OH is 1. The van der Waals surface area contributed by atoms with Crippen LogP contribution in [0.25, 0.3) is 0 Å². The lowest BCUT2D eigenvalue weighted by atomic mass is 10.0. The van der Waals surface area contributed by atoms with Crippen molar-refractivity contribution in [1.82, 2.24) is 14.6 Å². The van der Waals surface area contributed by atoms with Crippen molar-refractivity contribution in [2.24, 2.45) is 5.92 Å². The van der Waals surface area contributed by atoms with Crippen molar-refractivity contribution in [1.29, 1.82) is 0 Å². The van der Waals surface area contributed by atoms with E-state index in [1.165, 1.54) is 27.8 Å². The van der Waals surface area contributed by atoms with Gasteiger partial charge in [-0.3, -0.25) is 4.98 Å². The predicted octanol–water partition coefficient (Wildman–Crippen LogP) is 3.42. The summed E-state index contributed by atoms with van der Waals surface area (Å²) in [5.74, 6) is 0.808. The Bertz CT molecular complexity index is 1300. The normalized spacial score (nSPS) is 14.4. The molecule has 1 aliphatic heterocycles. The van der Waals surface area contributed by atoms with E-state index in [0.29, 0.717) is 11.5 Å². The molecule has 2 N–H and O–H groups in total. The number of hydrogen-bond donors (Lipinski definition) is 2. The minimum atomic E-state index is -4.00. The van der Waals surface area contributed by atoms with Gasteiger partial charge in [0.2, 0.25) is 16.8 Å². The fourth-order valence-corrected chi connectivity index (χ4v) is 6.14. The van der Waals surface area contributed by atoms with Crippen LogP contribution in [0.15, 0.2) is 65.1 Å². The largest absolute Gasteiger partial charge is 0.454 e. The Morgan fingerprint density at radius 2 is 1.92 bits per heavy atom. The lowest BCUT2D eigenvalue weighted by Gasteiger charge is -2.30. The van der Waals surface area contributed by atoms with Crippen LogP contribution in [0.5, 0.6) is 11.5 Å². The van der Waals surface area contributed by atoms with Crippen LogP contribution in [0.4, 0.5) is 4.79 Å². The van der Waals surface area contributed by atoms with E-state index in [2.05, 4.69) is 10.3 Å². The van der Waals surface area contributed by atoms with Gasteiger partial charge in [0.1, 0.15) is 6.61 Å². The molecule has 0 fully saturated rings. The minimum absolute atomic E-state index is 0.0177. The van der Waals surface area contributed by atoms with Gasteiger partial charge in [-0.25, -0.2) is 13.2 Å². The zero-order chi connectivity index (χ0) is 27.1. The summed E-state index contributed by atoms with van der Waals surface area (Å²) in [6.45, 7) is 3.79. The Labute approximate surface area is 226 Å². The molecule has 4 rings (SSSR count). The predicted molar refractivity (Wildman–Crippen MR) is 142 cm³/mol. The van der Waals surface area contributed by atoms with Crippen molar-refractivity contribution >= 4 is 27.5 Å². The summed E-state index contributed by atoms with van der Waals surface area (Å²) >= 11 is 1.36. The quantitative estimate of drug-likeness (QED) is 0.344. The molecule has 2 atom stereocenters. The first-order valence-corrected chi connectivity index (χ1v) is 14.5. The Balaban J connectivity index is 1.52. The van der Waals surface area contributed by atoms with Gasteiger partial charge >= 0.3 is 6.09 Å². The first-order chi connectivity index (χ1) is 18.2. The summed E-state index contributed by atoms with van der Waals surface area (Å²) in [4.78, 5) is 17.4. The highest BCUT2D eigenvalue weighted by atomic mass is 32.2. The van der Waals surface area contributed by atoms with Crippen molar-refractivity contribution in [2.45, 2.75) is 43.9 Å². The van der Waals surface area contributed by atoms with Crippen LogP contribution < -0.4 is 14.8 Å². The van der Waals surface area contributed by atoms with E-state index >= 15 is 0 Å². The molecule has 0 bridgehead atoms. The fourth-order valence-electron chi connectivity index (χ4n) is 3.99. The zero-order valence-electron chi connectivity index (χ0n) is 21.1. The van der Waals surface area contributed by atoms with Crippen LogP contribution in [-0.4, -0.2) is 60.9 Å². The SMILES string of the molecule is CC(C)CN(C[C@@H](O)C(Cc1ccccc1)NC(=O)OCc1cncs1)S(=O)(=O)c1ccc2c(c1)OCO2. The molecule has 38 heavy (non-hydrogen) atoms. The maximum absolute atomic E-state index is 13.6. The number of ether oxygens (including phenoxy) is 3. The average Bonchev–Trinajstić information content (AvgIpc) is 3.58. The number of carbonyl (C=O) groups is 1. The smallest absolute Gasteiger partial charge is 0.407 e. The van der Waals surface area contributed by atoms with Gasteiger partial charge in [-0.15, -0.1) is 11.3 Å². The summed E-state index contributed by atoms with van der Waals surface area (Å²) in [6.07, 6.45) is -0.0582. The molecule has 3 aromatic rings. The topological polar surface area (TPSA) is 127 Å². The van der Waals surface area contributed by atoms with Crippen LogP contribution in [0, 0.1) is 5.92 Å². The van der Waals surface area contributed by atoms with Gasteiger partial charge in [0.25, 0.3) is 0 Å². The van der Waals surface area contributed by atoms with Crippen molar-refractivity contribution < 1.29 is 32.5 Å². The van der Waals surface area contributed by atoms with Crippen molar-refractivity contribution in [3.8, 4) is 11.5 Å². The number of carbonyl (C=O) groups excluding carboxylic acids is 1. The van der Waals surface area contributed by atoms with Gasteiger partial charge < -0.3 is 24.6 Å². The average molecular weight is 562 g/mol. The van der Waals surface area contributed by atoms with Gasteiger partial charge in [0.05, 0.1) is 27.4 Å². The molecule has 0 spiro atoms. The van der Waals surface area contributed by atoms with E-state index < -0.39 is 28.3 Å². The molecule has 12 heteroatoms. The summed E-state index contributed by atoms with van der Waals surface area (Å²) in [7, 11) is -4.00. The number of hydrogen-bond acceptors (Lipinski definition) is 9. The number of benzene rings is 2. The number of nitrogens with one attached hydrogen (secondary N) is 1. The molecule has 0 aliphatic carbocycles. The van der Waals surface area contributed by atoms with Crippen LogP contribution >= 0.6 is 11.3 Å². The lowest BCUT2D eigenvalue weighted by molar-refractivity contribution is 0.0876. The van der Waals surface area contributed by atoms with E-state index in [1.807, 2.05) is 44.2 Å². The zero-order valence-corrected chi connectivity index (χ0v) is 22.8. The highest BCUT2D eigenvalue weighted by molar-refractivity contribution is 7.89. The van der Waals surface area contributed by atoms with E-state index in [9.17, 15) is 18.3 Å². The Morgan fingerprint density at radius 1 is 1.16 bits per heavy atom. The second kappa shape index (κ2) is 12.6. The Morgan fingerprint density at radius 3 is 2.63 bits per heavy atom. The van der Waals surface area contributed by atoms with Crippen molar-refractivity contribution in [2.75, 3.05) is 19.9 Å². The van der Waals surface area contributed by atoms with Gasteiger partial charge in [-0.1, -0.05) is 44.2 Å². The minimum Gasteiger partial charge on any atom is -0.454 e. The number of amides is 1. The second-order valence-corrected chi connectivity index (χ2v) is 12.2. The summed E-state index contributed by atoms with van der Waals surface area (Å²) < 4.78 is 44.5. The third-order valence-corrected chi connectivity index (χ3v) is 8.42. The van der Waals surface area contributed by atoms with Gasteiger partial charge in [0.15, 0.2) is 11.5 Å². The molecule has 0 radical (unpaired) electrons. The Hall–Kier alpha value is -3.19. The van der Waals surface area contributed by atoms with Gasteiger partial charge in [-0.2, -0.15) is 4.31 Å². The molecule has 1 unspecified atom stereocenters. The number of fused-ring (bicyclic) bond motifs is 1. The summed E-state index contributed by atoms with van der Waals surface area (Å²) in [5.41, 5.74) is 2.51. The van der Waals surface area contributed by atoms with Crippen LogP contribution in [0.3, 0.4) is 0 Å². The maximum Gasteiger partial charge on any atom is 0.407 e. The van der Waals surface area contributed by atoms with E-state index in [0.717, 1.165) is 10.4 Å². The number of nitrogens with zero attached hydrogens (tertiary/aromatic N) is 2. The molecular weight excluding hydrogens is 530 g/mol. The molecule has 2 aromatic carbocycles. The highest BCUT2D eigenvalue weighted by Gasteiger charge is 2.32. The molecule has 1 aliphatic rings. The molecule has 2 heterocycles. The van der Waals surface area contributed by atoms with E-state index in [-0.39, 0.29) is 43.7 Å². The first kappa shape index (κ1) is 27.8. The summed E-state index contributed by atoms with van der Waals surface area (Å²) in [6, 6.07) is 13.0. The van der Waals surface area contributed by atoms with Crippen molar-refractivity contribution in [3.05, 3.63) is 70.7 Å². The van der Waals surface area contributed by atoms with E-state index in [1.54, 1.807) is 17.8 Å². The van der Waals surface area contributed by atoms with Crippen molar-refractivity contribution in [3.63, 3.8) is 0 Å². The van der Waals surface area contributed by atoms with E-state index in [4.69, 9.17) is 14.2 Å². The van der Waals surface area contributed by atoms with Gasteiger partial charge in [-0.05, 0) is 30.0 Å². The fraction of sp³-hybridized carbons (Fsp3) is 0.385. The number of aromatic nitrogens is 1. The highest BCUT2D eigenvalue weighted by Crippen LogP contribution is 2.34. The number of alkyl carbamates (subject to hydrolysis) is 1. The second-order valence-electron chi connectivity index (χ2n) is 9.28. The molecule has 1 aromatic heterocycles. The monoisotopic (exact) mass is 561 g/mol. The van der Waals surface area contributed by atoms with Crippen LogP contribution in [0.2, 0.25) is 0 Å². The molecule has 204 valence electrons. The molecule has 1 amide bonds. The third-order valence-electron chi connectivity index (χ3n) is 5.84. The maximum atomic E-state index is 13.6. The standard InChI is InChI=1S/C26H31N3O7S2/c1-18(2)13-29(38(32,33)21-8-9-24-25(11-21)36-17-35-24)14-23(30)22(10-19-6-4-3-5-7-19)28-26(31)34-15-20-12-27-16-37-20/h3-9,11-12,16,18,22-23,30H,10,13-15,17H2,1-2H3,(H,28,31)/t22?,23-/m1/s1.